The maximum Gasteiger partial charge on any atom is 0.340 e. The molecular weight excluding hydrogens is 248 g/mol. The number of nitrogen functional groups attached to an aromatic ring is 1. The molecule has 0 aliphatic heterocycles. The van der Waals surface area contributed by atoms with Crippen LogP contribution in [0.4, 0.5) is 11.4 Å². The van der Waals surface area contributed by atoms with Gasteiger partial charge in [0.2, 0.25) is 0 Å². The van der Waals surface area contributed by atoms with Crippen molar-refractivity contribution in [2.75, 3.05) is 29.7 Å². The summed E-state index contributed by atoms with van der Waals surface area (Å²) in [6.45, 7) is 4.21. The van der Waals surface area contributed by atoms with Crippen molar-refractivity contribution in [1.29, 1.82) is 0 Å². The minimum absolute atomic E-state index is 0.332. The molecule has 0 aliphatic carbocycles. The number of carbonyl (C=O) groups is 1. The molecule has 5 heteroatoms. The van der Waals surface area contributed by atoms with Gasteiger partial charge in [-0.2, -0.15) is 11.8 Å². The Labute approximate surface area is 112 Å². The number of nitrogens with one attached hydrogen (secondary N) is 1. The van der Waals surface area contributed by atoms with Gasteiger partial charge in [-0.1, -0.05) is 0 Å². The van der Waals surface area contributed by atoms with Crippen LogP contribution in [0.2, 0.25) is 0 Å². The molecule has 18 heavy (non-hydrogen) atoms. The van der Waals surface area contributed by atoms with Gasteiger partial charge in [0, 0.05) is 23.2 Å². The van der Waals surface area contributed by atoms with Gasteiger partial charge in [0.25, 0.3) is 0 Å². The summed E-state index contributed by atoms with van der Waals surface area (Å²) in [6, 6.07) is 5.66. The van der Waals surface area contributed by atoms with Crippen LogP contribution in [0.5, 0.6) is 0 Å². The predicted molar refractivity (Wildman–Crippen MR) is 78.3 cm³/mol. The highest BCUT2D eigenvalue weighted by Gasteiger charge is 2.12. The molecule has 0 saturated heterocycles. The summed E-state index contributed by atoms with van der Waals surface area (Å²) >= 11 is 1.77. The predicted octanol–water partition coefficient (Wildman–Crippen LogP) is 2.61. The van der Waals surface area contributed by atoms with Crippen LogP contribution in [0.25, 0.3) is 0 Å². The van der Waals surface area contributed by atoms with Gasteiger partial charge in [-0.15, -0.1) is 0 Å². The van der Waals surface area contributed by atoms with Crippen molar-refractivity contribution < 1.29 is 9.53 Å². The highest BCUT2D eigenvalue weighted by atomic mass is 32.2. The van der Waals surface area contributed by atoms with E-state index in [0.717, 1.165) is 11.4 Å². The van der Waals surface area contributed by atoms with Crippen molar-refractivity contribution >= 4 is 29.1 Å². The second-order valence-electron chi connectivity index (χ2n) is 4.02. The summed E-state index contributed by atoms with van der Waals surface area (Å²) in [6.07, 6.45) is 2.06. The molecule has 0 heterocycles. The van der Waals surface area contributed by atoms with E-state index in [2.05, 4.69) is 18.5 Å². The fraction of sp³-hybridized carbons (Fsp3) is 0.462. The Bertz CT molecular complexity index is 410. The second kappa shape index (κ2) is 7.16. The lowest BCUT2D eigenvalue weighted by molar-refractivity contribution is 0.0527. The number of anilines is 2. The lowest BCUT2D eigenvalue weighted by atomic mass is 10.1. The fourth-order valence-corrected chi connectivity index (χ4v) is 2.19. The monoisotopic (exact) mass is 268 g/mol. The summed E-state index contributed by atoms with van der Waals surface area (Å²) in [4.78, 5) is 11.7. The molecule has 0 saturated carbocycles. The minimum Gasteiger partial charge on any atom is -0.462 e. The van der Waals surface area contributed by atoms with E-state index in [9.17, 15) is 4.79 Å². The summed E-state index contributed by atoms with van der Waals surface area (Å²) in [7, 11) is 0. The zero-order valence-electron chi connectivity index (χ0n) is 11.0. The maximum atomic E-state index is 11.7. The molecule has 1 aromatic rings. The van der Waals surface area contributed by atoms with E-state index < -0.39 is 0 Å². The molecule has 0 radical (unpaired) electrons. The highest BCUT2D eigenvalue weighted by Crippen LogP contribution is 2.20. The third-order valence-electron chi connectivity index (χ3n) is 2.38. The van der Waals surface area contributed by atoms with E-state index >= 15 is 0 Å². The van der Waals surface area contributed by atoms with Crippen molar-refractivity contribution in [1.82, 2.24) is 0 Å². The molecule has 1 rings (SSSR count). The van der Waals surface area contributed by atoms with Crippen LogP contribution in [0.15, 0.2) is 18.2 Å². The first-order valence-electron chi connectivity index (χ1n) is 5.90. The van der Waals surface area contributed by atoms with Crippen molar-refractivity contribution in [2.45, 2.75) is 19.9 Å². The molecule has 3 N–H and O–H groups in total. The largest absolute Gasteiger partial charge is 0.462 e. The standard InChI is InChI=1S/C13H20N2O2S/c1-4-17-13(16)11-7-10(5-6-12(11)14)15-9(2)8-18-3/h5-7,9,15H,4,8,14H2,1-3H3. The summed E-state index contributed by atoms with van der Waals surface area (Å²) in [5, 5.41) is 3.32. The normalized spacial score (nSPS) is 11.9. The van der Waals surface area contributed by atoms with Crippen molar-refractivity contribution in [2.24, 2.45) is 0 Å². The van der Waals surface area contributed by atoms with E-state index in [4.69, 9.17) is 10.5 Å². The highest BCUT2D eigenvalue weighted by molar-refractivity contribution is 7.98. The van der Waals surface area contributed by atoms with Crippen LogP contribution in [-0.4, -0.2) is 30.6 Å². The Morgan fingerprint density at radius 3 is 2.89 bits per heavy atom. The molecule has 1 unspecified atom stereocenters. The molecule has 0 bridgehead atoms. The fourth-order valence-electron chi connectivity index (χ4n) is 1.61. The van der Waals surface area contributed by atoms with E-state index in [1.807, 2.05) is 6.07 Å². The maximum absolute atomic E-state index is 11.7. The zero-order valence-corrected chi connectivity index (χ0v) is 11.8. The Kier molecular flexibility index (Phi) is 5.85. The Morgan fingerprint density at radius 2 is 2.28 bits per heavy atom. The van der Waals surface area contributed by atoms with E-state index in [1.165, 1.54) is 0 Å². The SMILES string of the molecule is CCOC(=O)c1cc(NC(C)CSC)ccc1N. The first kappa shape index (κ1) is 14.7. The minimum atomic E-state index is -0.379. The topological polar surface area (TPSA) is 64.3 Å². The lowest BCUT2D eigenvalue weighted by Gasteiger charge is -2.15. The van der Waals surface area contributed by atoms with Gasteiger partial charge in [0.15, 0.2) is 0 Å². The Morgan fingerprint density at radius 1 is 1.56 bits per heavy atom. The van der Waals surface area contributed by atoms with Crippen LogP contribution in [-0.2, 0) is 4.74 Å². The van der Waals surface area contributed by atoms with Crippen LogP contribution in [0.1, 0.15) is 24.2 Å². The van der Waals surface area contributed by atoms with Gasteiger partial charge in [0.1, 0.15) is 0 Å². The van der Waals surface area contributed by atoms with Gasteiger partial charge in [-0.25, -0.2) is 4.79 Å². The number of rotatable bonds is 6. The van der Waals surface area contributed by atoms with Crippen LogP contribution < -0.4 is 11.1 Å². The van der Waals surface area contributed by atoms with E-state index in [1.54, 1.807) is 30.8 Å². The van der Waals surface area contributed by atoms with E-state index in [-0.39, 0.29) is 5.97 Å². The van der Waals surface area contributed by atoms with Crippen molar-refractivity contribution in [3.63, 3.8) is 0 Å². The average Bonchev–Trinajstić information content (AvgIpc) is 2.32. The third kappa shape index (κ3) is 4.14. The molecule has 0 amide bonds. The first-order chi connectivity index (χ1) is 8.58. The summed E-state index contributed by atoms with van der Waals surface area (Å²) < 4.78 is 4.97. The van der Waals surface area contributed by atoms with Gasteiger partial charge < -0.3 is 15.8 Å². The van der Waals surface area contributed by atoms with Gasteiger partial charge in [-0.3, -0.25) is 0 Å². The number of nitrogens with two attached hydrogens (primary N) is 1. The number of thioether (sulfide) groups is 1. The number of carbonyl (C=O) groups excluding carboxylic acids is 1. The molecule has 1 aromatic carbocycles. The first-order valence-corrected chi connectivity index (χ1v) is 7.30. The quantitative estimate of drug-likeness (QED) is 0.613. The number of hydrogen-bond donors (Lipinski definition) is 2. The summed E-state index contributed by atoms with van der Waals surface area (Å²) in [5.41, 5.74) is 7.52. The molecule has 0 fully saturated rings. The molecule has 4 nitrogen and oxygen atoms in total. The molecule has 0 spiro atoms. The smallest absolute Gasteiger partial charge is 0.340 e. The Hall–Kier alpha value is -1.36. The van der Waals surface area contributed by atoms with Crippen LogP contribution in [0, 0.1) is 0 Å². The van der Waals surface area contributed by atoms with Crippen LogP contribution in [0.3, 0.4) is 0 Å². The number of ether oxygens (including phenoxy) is 1. The number of esters is 1. The molecule has 0 aromatic heterocycles. The molecule has 100 valence electrons. The average molecular weight is 268 g/mol. The zero-order chi connectivity index (χ0) is 13.5. The molecular formula is C13H20N2O2S. The van der Waals surface area contributed by atoms with Gasteiger partial charge in [-0.05, 0) is 38.3 Å². The number of benzene rings is 1. The van der Waals surface area contributed by atoms with Crippen molar-refractivity contribution in [3.05, 3.63) is 23.8 Å². The summed E-state index contributed by atoms with van der Waals surface area (Å²) in [5.74, 6) is 0.621. The molecule has 1 atom stereocenters. The number of hydrogen-bond acceptors (Lipinski definition) is 5. The second-order valence-corrected chi connectivity index (χ2v) is 4.93. The lowest BCUT2D eigenvalue weighted by Crippen LogP contribution is -2.18. The van der Waals surface area contributed by atoms with Gasteiger partial charge >= 0.3 is 5.97 Å². The molecule has 0 aliphatic rings. The van der Waals surface area contributed by atoms with Gasteiger partial charge in [0.05, 0.1) is 12.2 Å². The van der Waals surface area contributed by atoms with Crippen LogP contribution >= 0.6 is 11.8 Å². The van der Waals surface area contributed by atoms with Crippen molar-refractivity contribution in [3.8, 4) is 0 Å². The Balaban J connectivity index is 2.83. The third-order valence-corrected chi connectivity index (χ3v) is 3.21. The van der Waals surface area contributed by atoms with E-state index in [0.29, 0.717) is 23.9 Å².